The molecule has 11 heteroatoms. The van der Waals surface area contributed by atoms with Crippen LogP contribution in [-0.4, -0.2) is 35.1 Å². The minimum Gasteiger partial charge on any atom is -0.461 e. The molecule has 0 saturated heterocycles. The molecule has 0 unspecified atom stereocenters. The van der Waals surface area contributed by atoms with Crippen molar-refractivity contribution < 1.29 is 41.0 Å². The molecule has 40 heavy (non-hydrogen) atoms. The summed E-state index contributed by atoms with van der Waals surface area (Å²) < 4.78 is 84.8. The van der Waals surface area contributed by atoms with Gasteiger partial charge in [0.1, 0.15) is 11.4 Å². The summed E-state index contributed by atoms with van der Waals surface area (Å²) in [5.41, 5.74) is 1.71. The fraction of sp³-hybridized carbons (Fsp3) is 0.448. The third-order valence-electron chi connectivity index (χ3n) is 7.78. The van der Waals surface area contributed by atoms with Gasteiger partial charge in [-0.3, -0.25) is 0 Å². The first-order valence-corrected chi connectivity index (χ1v) is 13.5. The van der Waals surface area contributed by atoms with Crippen LogP contribution in [-0.2, 0) is 35.2 Å². The average Bonchev–Trinajstić information content (AvgIpc) is 3.53. The van der Waals surface area contributed by atoms with Crippen LogP contribution in [0.1, 0.15) is 106 Å². The van der Waals surface area contributed by atoms with Crippen molar-refractivity contribution in [1.82, 2.24) is 9.97 Å². The minimum atomic E-state index is -2.26. The quantitative estimate of drug-likeness (QED) is 0.152. The largest absolute Gasteiger partial charge is 0.461 e. The number of H-pyrrole nitrogens is 2. The molecule has 1 aromatic carbocycles. The molecular formula is C29H29F5N2O4. The van der Waals surface area contributed by atoms with E-state index in [-0.39, 0.29) is 36.0 Å². The number of ether oxygens (including phenoxy) is 2. The van der Waals surface area contributed by atoms with Crippen molar-refractivity contribution in [2.45, 2.75) is 71.1 Å². The molecule has 0 radical (unpaired) electrons. The zero-order chi connectivity index (χ0) is 28.7. The minimum absolute atomic E-state index is 0.0794. The van der Waals surface area contributed by atoms with Crippen molar-refractivity contribution in [3.05, 3.63) is 79.7 Å². The molecule has 0 atom stereocenters. The second-order valence-corrected chi connectivity index (χ2v) is 10.0. The predicted molar refractivity (Wildman–Crippen MR) is 134 cm³/mol. The monoisotopic (exact) mass is 564 g/mol. The molecule has 0 saturated carbocycles. The van der Waals surface area contributed by atoms with Crippen LogP contribution in [0.3, 0.4) is 0 Å². The van der Waals surface area contributed by atoms with Gasteiger partial charge in [0.2, 0.25) is 5.82 Å². The van der Waals surface area contributed by atoms with Crippen LogP contribution in [0.15, 0.2) is 0 Å². The fourth-order valence-corrected chi connectivity index (χ4v) is 6.08. The van der Waals surface area contributed by atoms with E-state index in [9.17, 15) is 22.8 Å². The molecule has 0 aliphatic heterocycles. The molecule has 0 spiro atoms. The smallest absolute Gasteiger partial charge is 0.355 e. The number of aromatic amines is 2. The van der Waals surface area contributed by atoms with Crippen LogP contribution in [0.2, 0.25) is 0 Å². The first kappa shape index (κ1) is 27.9. The summed E-state index contributed by atoms with van der Waals surface area (Å²) in [5.74, 6) is -13.3. The molecule has 0 fully saturated rings. The van der Waals surface area contributed by atoms with Gasteiger partial charge >= 0.3 is 11.9 Å². The number of benzene rings is 1. The standard InChI is InChI=1S/C29H29F5N2O4/c1-3-39-28(37)26-15-11-7-5-9-13(15)24(35-26)18(17-19(30)21(32)23(34)22(33)20(17)31)25-14-10-6-8-12-16(14)27(36-25)29(38)40-4-2/h18,35-36H,3-12H2,1-2H3. The summed E-state index contributed by atoms with van der Waals surface area (Å²) in [5, 5.41) is 0. The van der Waals surface area contributed by atoms with Crippen molar-refractivity contribution in [2.75, 3.05) is 13.2 Å². The van der Waals surface area contributed by atoms with Crippen molar-refractivity contribution in [2.24, 2.45) is 0 Å². The lowest BCUT2D eigenvalue weighted by Gasteiger charge is -2.24. The summed E-state index contributed by atoms with van der Waals surface area (Å²) in [4.78, 5) is 31.7. The first-order chi connectivity index (χ1) is 19.2. The van der Waals surface area contributed by atoms with Gasteiger partial charge < -0.3 is 19.4 Å². The molecule has 2 aliphatic rings. The number of nitrogens with one attached hydrogen (secondary N) is 2. The Morgan fingerprint density at radius 1 is 0.625 bits per heavy atom. The highest BCUT2D eigenvalue weighted by Gasteiger charge is 2.40. The number of carbonyl (C=O) groups excluding carboxylic acids is 2. The zero-order valence-corrected chi connectivity index (χ0v) is 22.2. The van der Waals surface area contributed by atoms with Crippen LogP contribution in [0.25, 0.3) is 0 Å². The van der Waals surface area contributed by atoms with E-state index in [0.717, 1.165) is 12.8 Å². The van der Waals surface area contributed by atoms with Crippen molar-refractivity contribution in [3.63, 3.8) is 0 Å². The van der Waals surface area contributed by atoms with Crippen molar-refractivity contribution in [3.8, 4) is 0 Å². The number of aromatic nitrogens is 2. The van der Waals surface area contributed by atoms with Gasteiger partial charge in [-0.25, -0.2) is 31.5 Å². The number of halogens is 5. The topological polar surface area (TPSA) is 84.2 Å². The summed E-state index contributed by atoms with van der Waals surface area (Å²) in [6, 6.07) is 0. The highest BCUT2D eigenvalue weighted by molar-refractivity contribution is 5.91. The Morgan fingerprint density at radius 3 is 1.35 bits per heavy atom. The van der Waals surface area contributed by atoms with Gasteiger partial charge in [-0.2, -0.15) is 0 Å². The maximum atomic E-state index is 15.5. The first-order valence-electron chi connectivity index (χ1n) is 13.5. The Bertz CT molecular complexity index is 1390. The van der Waals surface area contributed by atoms with Gasteiger partial charge in [0.25, 0.3) is 0 Å². The van der Waals surface area contributed by atoms with Crippen LogP contribution >= 0.6 is 0 Å². The van der Waals surface area contributed by atoms with Crippen LogP contribution in [0.5, 0.6) is 0 Å². The Kier molecular flexibility index (Phi) is 7.74. The number of hydrogen-bond acceptors (Lipinski definition) is 4. The second-order valence-electron chi connectivity index (χ2n) is 10.0. The van der Waals surface area contributed by atoms with Crippen LogP contribution in [0.4, 0.5) is 22.0 Å². The molecule has 2 aliphatic carbocycles. The molecule has 3 aromatic rings. The second kappa shape index (κ2) is 11.1. The number of esters is 2. The van der Waals surface area contributed by atoms with E-state index in [0.29, 0.717) is 60.8 Å². The van der Waals surface area contributed by atoms with Gasteiger partial charge in [0, 0.05) is 17.0 Å². The lowest BCUT2D eigenvalue weighted by Crippen LogP contribution is -2.18. The van der Waals surface area contributed by atoms with Gasteiger partial charge in [0.05, 0.1) is 19.1 Å². The van der Waals surface area contributed by atoms with Crippen LogP contribution < -0.4 is 0 Å². The average molecular weight is 565 g/mol. The summed E-state index contributed by atoms with van der Waals surface area (Å²) in [7, 11) is 0. The van der Waals surface area contributed by atoms with Gasteiger partial charge in [-0.15, -0.1) is 0 Å². The molecule has 2 N–H and O–H groups in total. The molecule has 6 nitrogen and oxygen atoms in total. The molecule has 0 amide bonds. The number of carbonyl (C=O) groups is 2. The maximum Gasteiger partial charge on any atom is 0.355 e. The summed E-state index contributed by atoms with van der Waals surface area (Å²) >= 11 is 0. The van der Waals surface area contributed by atoms with E-state index in [2.05, 4.69) is 9.97 Å². The van der Waals surface area contributed by atoms with Gasteiger partial charge in [-0.05, 0) is 87.5 Å². The van der Waals surface area contributed by atoms with Gasteiger partial charge in [0.15, 0.2) is 23.3 Å². The van der Waals surface area contributed by atoms with E-state index in [1.54, 1.807) is 13.8 Å². The highest BCUT2D eigenvalue weighted by atomic mass is 19.2. The predicted octanol–water partition coefficient (Wildman–Crippen LogP) is 6.33. The summed E-state index contributed by atoms with van der Waals surface area (Å²) in [6.07, 6.45) is 4.66. The lowest BCUT2D eigenvalue weighted by molar-refractivity contribution is 0.0509. The third-order valence-corrected chi connectivity index (χ3v) is 7.78. The van der Waals surface area contributed by atoms with E-state index >= 15 is 8.78 Å². The van der Waals surface area contributed by atoms with Crippen molar-refractivity contribution in [1.29, 1.82) is 0 Å². The Balaban J connectivity index is 1.85. The number of hydrogen-bond donors (Lipinski definition) is 2. The Morgan fingerprint density at radius 2 is 0.975 bits per heavy atom. The highest BCUT2D eigenvalue weighted by Crippen LogP contribution is 2.44. The Labute approximate surface area is 227 Å². The molecule has 2 heterocycles. The lowest BCUT2D eigenvalue weighted by atomic mass is 9.81. The van der Waals surface area contributed by atoms with Gasteiger partial charge in [-0.1, -0.05) is 0 Å². The van der Waals surface area contributed by atoms with Crippen LogP contribution in [0, 0.1) is 29.1 Å². The third kappa shape index (κ3) is 4.49. The molecule has 2 aromatic heterocycles. The maximum absolute atomic E-state index is 15.5. The zero-order valence-electron chi connectivity index (χ0n) is 22.2. The normalized spacial score (nSPS) is 14.7. The fourth-order valence-electron chi connectivity index (χ4n) is 6.08. The number of fused-ring (bicyclic) bond motifs is 2. The van der Waals surface area contributed by atoms with Crippen molar-refractivity contribution >= 4 is 11.9 Å². The van der Waals surface area contributed by atoms with E-state index in [1.807, 2.05) is 0 Å². The van der Waals surface area contributed by atoms with E-state index in [1.165, 1.54) is 0 Å². The Hall–Kier alpha value is -3.63. The van der Waals surface area contributed by atoms with E-state index in [4.69, 9.17) is 9.47 Å². The SMILES string of the molecule is CCOC(=O)c1[nH]c(C(c2[nH]c(C(=O)OCC)c3c2CCCC3)c2c(F)c(F)c(F)c(F)c2F)c2c1CCCC2. The molecule has 214 valence electrons. The number of rotatable bonds is 7. The molecule has 0 bridgehead atoms. The molecule has 5 rings (SSSR count). The molecular weight excluding hydrogens is 535 g/mol. The summed E-state index contributed by atoms with van der Waals surface area (Å²) in [6.45, 7) is 3.42. The van der Waals surface area contributed by atoms with E-state index < -0.39 is 52.5 Å².